The van der Waals surface area contributed by atoms with E-state index >= 15 is 0 Å². The first-order chi connectivity index (χ1) is 11.3. The molecule has 2 aromatic carbocycles. The van der Waals surface area contributed by atoms with Crippen LogP contribution in [0.1, 0.15) is 37.8 Å². The summed E-state index contributed by atoms with van der Waals surface area (Å²) in [5.74, 6) is 0. The zero-order valence-electron chi connectivity index (χ0n) is 13.6. The second-order valence-electron chi connectivity index (χ2n) is 6.07. The minimum Gasteiger partial charge on any atom is -0.264 e. The Bertz CT molecular complexity index is 810. The number of allylic oxidation sites excluding steroid dienone is 2. The molecule has 2 heteroatoms. The van der Waals surface area contributed by atoms with Gasteiger partial charge in [-0.1, -0.05) is 48.5 Å². The molecule has 1 spiro atoms. The largest absolute Gasteiger partial charge is 0.264 e. The summed E-state index contributed by atoms with van der Waals surface area (Å²) in [6.07, 6.45) is 5.80. The van der Waals surface area contributed by atoms with Crippen LogP contribution in [0, 0.1) is 0 Å². The molecule has 23 heavy (non-hydrogen) atoms. The molecule has 0 saturated heterocycles. The summed E-state index contributed by atoms with van der Waals surface area (Å²) in [7, 11) is 0. The molecule has 2 aromatic rings. The lowest BCUT2D eigenvalue weighted by atomic mass is 9.75. The summed E-state index contributed by atoms with van der Waals surface area (Å²) < 4.78 is 0. The van der Waals surface area contributed by atoms with Crippen molar-refractivity contribution in [2.45, 2.75) is 32.1 Å². The SMILES string of the molecule is CC=NC1=C(N=CC)C2(CC1)c1ccccc1-c1ccccc12. The van der Waals surface area contributed by atoms with Crippen molar-refractivity contribution in [2.75, 3.05) is 0 Å². The fraction of sp³-hybridized carbons (Fsp3) is 0.238. The summed E-state index contributed by atoms with van der Waals surface area (Å²) in [6.45, 7) is 3.96. The van der Waals surface area contributed by atoms with Crippen molar-refractivity contribution >= 4 is 12.4 Å². The third kappa shape index (κ3) is 1.81. The molecule has 0 saturated carbocycles. The number of aliphatic imine (C=N–C) groups is 2. The van der Waals surface area contributed by atoms with Gasteiger partial charge in [-0.3, -0.25) is 9.98 Å². The van der Waals surface area contributed by atoms with Crippen molar-refractivity contribution in [3.63, 3.8) is 0 Å². The molecule has 0 unspecified atom stereocenters. The number of rotatable bonds is 2. The van der Waals surface area contributed by atoms with Crippen LogP contribution in [0.2, 0.25) is 0 Å². The van der Waals surface area contributed by atoms with Gasteiger partial charge < -0.3 is 0 Å². The van der Waals surface area contributed by atoms with Gasteiger partial charge >= 0.3 is 0 Å². The van der Waals surface area contributed by atoms with E-state index in [1.54, 1.807) is 0 Å². The molecule has 2 aliphatic rings. The van der Waals surface area contributed by atoms with Crippen LogP contribution in [0.5, 0.6) is 0 Å². The monoisotopic (exact) mass is 300 g/mol. The van der Waals surface area contributed by atoms with Crippen LogP contribution in [0.25, 0.3) is 11.1 Å². The molecular formula is C21H20N2. The zero-order chi connectivity index (χ0) is 15.9. The van der Waals surface area contributed by atoms with E-state index in [4.69, 9.17) is 4.99 Å². The lowest BCUT2D eigenvalue weighted by Gasteiger charge is -2.28. The second kappa shape index (κ2) is 5.31. The highest BCUT2D eigenvalue weighted by atomic mass is 14.9. The lowest BCUT2D eigenvalue weighted by Crippen LogP contribution is -2.24. The van der Waals surface area contributed by atoms with E-state index in [9.17, 15) is 0 Å². The Morgan fingerprint density at radius 1 is 0.826 bits per heavy atom. The summed E-state index contributed by atoms with van der Waals surface area (Å²) in [5.41, 5.74) is 7.54. The molecule has 0 fully saturated rings. The third-order valence-corrected chi connectivity index (χ3v) is 5.02. The predicted molar refractivity (Wildman–Crippen MR) is 97.3 cm³/mol. The Labute approximate surface area is 137 Å². The Kier molecular flexibility index (Phi) is 3.26. The normalized spacial score (nSPS) is 18.3. The summed E-state index contributed by atoms with van der Waals surface area (Å²) >= 11 is 0. The van der Waals surface area contributed by atoms with Gasteiger partial charge in [-0.15, -0.1) is 0 Å². The van der Waals surface area contributed by atoms with Crippen LogP contribution in [0.4, 0.5) is 0 Å². The highest BCUT2D eigenvalue weighted by Gasteiger charge is 2.49. The van der Waals surface area contributed by atoms with Gasteiger partial charge in [-0.2, -0.15) is 0 Å². The van der Waals surface area contributed by atoms with E-state index in [0.29, 0.717) is 0 Å². The smallest absolute Gasteiger partial charge is 0.0764 e. The number of hydrogen-bond acceptors (Lipinski definition) is 2. The Balaban J connectivity index is 2.08. The highest BCUT2D eigenvalue weighted by molar-refractivity contribution is 5.84. The van der Waals surface area contributed by atoms with Gasteiger partial charge in [0.15, 0.2) is 0 Å². The van der Waals surface area contributed by atoms with Crippen molar-refractivity contribution in [3.8, 4) is 11.1 Å². The van der Waals surface area contributed by atoms with Crippen molar-refractivity contribution in [1.82, 2.24) is 0 Å². The average Bonchev–Trinajstić information content (AvgIpc) is 3.09. The average molecular weight is 300 g/mol. The maximum atomic E-state index is 4.80. The molecular weight excluding hydrogens is 280 g/mol. The van der Waals surface area contributed by atoms with Crippen LogP contribution < -0.4 is 0 Å². The van der Waals surface area contributed by atoms with E-state index < -0.39 is 0 Å². The summed E-state index contributed by atoms with van der Waals surface area (Å²) in [4.78, 5) is 9.43. The Morgan fingerprint density at radius 2 is 1.39 bits per heavy atom. The summed E-state index contributed by atoms with van der Waals surface area (Å²) in [5, 5.41) is 0. The van der Waals surface area contributed by atoms with E-state index in [1.807, 2.05) is 26.3 Å². The maximum absolute atomic E-state index is 4.80. The number of nitrogens with zero attached hydrogens (tertiary/aromatic N) is 2. The van der Waals surface area contributed by atoms with E-state index in [0.717, 1.165) is 24.2 Å². The summed E-state index contributed by atoms with van der Waals surface area (Å²) in [6, 6.07) is 17.5. The van der Waals surface area contributed by atoms with Crippen LogP contribution in [0.15, 0.2) is 69.9 Å². The van der Waals surface area contributed by atoms with Crippen LogP contribution in [-0.4, -0.2) is 12.4 Å². The second-order valence-corrected chi connectivity index (χ2v) is 6.07. The van der Waals surface area contributed by atoms with Gasteiger partial charge in [0, 0.05) is 12.4 Å². The van der Waals surface area contributed by atoms with E-state index in [-0.39, 0.29) is 5.41 Å². The molecule has 0 N–H and O–H groups in total. The van der Waals surface area contributed by atoms with Gasteiger partial charge in [-0.05, 0) is 48.9 Å². The fourth-order valence-corrected chi connectivity index (χ4v) is 4.23. The molecule has 2 aliphatic carbocycles. The van der Waals surface area contributed by atoms with Crippen LogP contribution >= 0.6 is 0 Å². The van der Waals surface area contributed by atoms with Crippen molar-refractivity contribution < 1.29 is 0 Å². The van der Waals surface area contributed by atoms with Gasteiger partial charge in [0.2, 0.25) is 0 Å². The fourth-order valence-electron chi connectivity index (χ4n) is 4.23. The molecule has 114 valence electrons. The molecule has 0 atom stereocenters. The maximum Gasteiger partial charge on any atom is 0.0764 e. The molecule has 4 rings (SSSR count). The lowest BCUT2D eigenvalue weighted by molar-refractivity contribution is 0.604. The first-order valence-electron chi connectivity index (χ1n) is 8.23. The highest BCUT2D eigenvalue weighted by Crippen LogP contribution is 2.59. The number of hydrogen-bond donors (Lipinski definition) is 0. The predicted octanol–water partition coefficient (Wildman–Crippen LogP) is 5.14. The standard InChI is InChI=1S/C21H20N2/c1-3-22-19-13-14-21(20(19)23-4-2)17-11-7-5-9-15(17)16-10-6-8-12-18(16)21/h3-12H,13-14H2,1-2H3. The minimum absolute atomic E-state index is 0.137. The van der Waals surface area contributed by atoms with Gasteiger partial charge in [0.1, 0.15) is 0 Å². The minimum atomic E-state index is -0.137. The van der Waals surface area contributed by atoms with Gasteiger partial charge in [-0.25, -0.2) is 0 Å². The Morgan fingerprint density at radius 3 is 1.96 bits per heavy atom. The van der Waals surface area contributed by atoms with Crippen LogP contribution in [0.3, 0.4) is 0 Å². The molecule has 0 radical (unpaired) electrons. The van der Waals surface area contributed by atoms with Crippen LogP contribution in [-0.2, 0) is 5.41 Å². The zero-order valence-corrected chi connectivity index (χ0v) is 13.6. The van der Waals surface area contributed by atoms with E-state index in [2.05, 4.69) is 53.5 Å². The Hall–Kier alpha value is -2.48. The van der Waals surface area contributed by atoms with Crippen molar-refractivity contribution in [1.29, 1.82) is 0 Å². The quantitative estimate of drug-likeness (QED) is 0.686. The van der Waals surface area contributed by atoms with E-state index in [1.165, 1.54) is 22.3 Å². The third-order valence-electron chi connectivity index (χ3n) is 5.02. The number of benzene rings is 2. The van der Waals surface area contributed by atoms with Crippen molar-refractivity contribution in [3.05, 3.63) is 71.1 Å². The number of fused-ring (bicyclic) bond motifs is 5. The first-order valence-corrected chi connectivity index (χ1v) is 8.23. The molecule has 2 nitrogen and oxygen atoms in total. The first kappa shape index (κ1) is 14.1. The molecule has 0 aliphatic heterocycles. The molecule has 0 bridgehead atoms. The molecule has 0 aromatic heterocycles. The molecule has 0 heterocycles. The van der Waals surface area contributed by atoms with Gasteiger partial charge in [0.05, 0.1) is 16.8 Å². The molecule has 0 amide bonds. The topological polar surface area (TPSA) is 24.7 Å². The van der Waals surface area contributed by atoms with Crippen molar-refractivity contribution in [2.24, 2.45) is 9.98 Å². The van der Waals surface area contributed by atoms with Gasteiger partial charge in [0.25, 0.3) is 0 Å².